The third-order valence-electron chi connectivity index (χ3n) is 5.26. The number of halogens is 1. The number of ether oxygens (including phenoxy) is 1. The minimum Gasteiger partial charge on any atom is -0.458 e. The van der Waals surface area contributed by atoms with E-state index in [1.165, 1.54) is 4.57 Å². The Balaban J connectivity index is 1.70. The van der Waals surface area contributed by atoms with Crippen molar-refractivity contribution >= 4 is 17.3 Å². The number of aromatic nitrogens is 3. The van der Waals surface area contributed by atoms with E-state index in [1.807, 2.05) is 0 Å². The molecule has 1 aliphatic heterocycles. The molecule has 1 aliphatic rings. The van der Waals surface area contributed by atoms with Gasteiger partial charge < -0.3 is 21.7 Å². The molecule has 2 aromatic carbocycles. The summed E-state index contributed by atoms with van der Waals surface area (Å²) >= 11 is 5.98. The number of nitrogens with zero attached hydrogens (tertiary/aromatic N) is 6. The second-order valence-electron chi connectivity index (χ2n) is 7.64. The summed E-state index contributed by atoms with van der Waals surface area (Å²) in [6.45, 7) is 2.00. The van der Waals surface area contributed by atoms with E-state index in [2.05, 4.69) is 20.6 Å². The zero-order chi connectivity index (χ0) is 25.7. The average molecular weight is 510 g/mol. The molecule has 2 heterocycles. The van der Waals surface area contributed by atoms with Gasteiger partial charge in [-0.25, -0.2) is 19.1 Å². The van der Waals surface area contributed by atoms with Gasteiger partial charge in [0.15, 0.2) is 6.17 Å². The zero-order valence-electron chi connectivity index (χ0n) is 19.3. The van der Waals surface area contributed by atoms with Crippen LogP contribution in [0.4, 0.5) is 5.69 Å². The molecule has 0 radical (unpaired) electrons. The number of nitrogens with one attached hydrogen (secondary N) is 1. The van der Waals surface area contributed by atoms with Gasteiger partial charge in [-0.3, -0.25) is 4.57 Å². The van der Waals surface area contributed by atoms with Crippen LogP contribution in [-0.4, -0.2) is 20.0 Å². The van der Waals surface area contributed by atoms with Gasteiger partial charge in [-0.15, -0.1) is 5.11 Å². The summed E-state index contributed by atoms with van der Waals surface area (Å²) < 4.78 is 9.09. The molecule has 0 amide bonds. The van der Waals surface area contributed by atoms with Gasteiger partial charge in [-0.2, -0.15) is 4.68 Å². The quantitative estimate of drug-likeness (QED) is 0.248. The van der Waals surface area contributed by atoms with Crippen LogP contribution in [0, 0.1) is 0 Å². The summed E-state index contributed by atoms with van der Waals surface area (Å²) in [4.78, 5) is 30.3. The molecule has 0 aliphatic carbocycles. The molecule has 5 N–H and O–H groups in total. The number of nitrogens with two attached hydrogens (primary N) is 2. The maximum Gasteiger partial charge on any atom is 0.353 e. The Bertz CT molecular complexity index is 1510. The number of allylic oxidation sites excluding steroid dienone is 1. The van der Waals surface area contributed by atoms with Crippen molar-refractivity contribution in [3.05, 3.63) is 110 Å². The van der Waals surface area contributed by atoms with Crippen LogP contribution < -0.4 is 38.7 Å². The number of benzene rings is 2. The Labute approximate surface area is 210 Å². The van der Waals surface area contributed by atoms with E-state index in [9.17, 15) is 9.59 Å². The zero-order valence-corrected chi connectivity index (χ0v) is 20.0. The fraction of sp³-hybridized carbons (Fsp3) is 0.174. The van der Waals surface area contributed by atoms with Crippen molar-refractivity contribution in [3.8, 4) is 5.75 Å². The first-order valence-electron chi connectivity index (χ1n) is 10.9. The van der Waals surface area contributed by atoms with Crippen molar-refractivity contribution in [2.75, 3.05) is 5.84 Å². The van der Waals surface area contributed by atoms with E-state index in [-0.39, 0.29) is 18.7 Å². The number of hydrogen-bond donors (Lipinski definition) is 3. The Kier molecular flexibility index (Phi) is 7.35. The topological polar surface area (TPSA) is 159 Å². The minimum atomic E-state index is -0.664. The predicted octanol–water partition coefficient (Wildman–Crippen LogP) is 1.51. The SMILES string of the molecule is CCn1c(=O)n(N)c(=Nc2ccc(OC3=CC(N=NN)NC=C3)cc2)n(Cc2ccc(Cl)cc2)c1=O. The summed E-state index contributed by atoms with van der Waals surface area (Å²) in [5.74, 6) is 12.3. The van der Waals surface area contributed by atoms with Gasteiger partial charge in [0, 0.05) is 23.8 Å². The molecule has 186 valence electrons. The number of hydrogen-bond acceptors (Lipinski definition) is 8. The van der Waals surface area contributed by atoms with E-state index in [0.29, 0.717) is 22.2 Å². The van der Waals surface area contributed by atoms with Gasteiger partial charge in [-0.05, 0) is 55.0 Å². The smallest absolute Gasteiger partial charge is 0.353 e. The lowest BCUT2D eigenvalue weighted by molar-refractivity contribution is 0.432. The first-order valence-corrected chi connectivity index (χ1v) is 11.3. The second-order valence-corrected chi connectivity index (χ2v) is 8.08. The van der Waals surface area contributed by atoms with Gasteiger partial charge in [0.2, 0.25) is 5.62 Å². The van der Waals surface area contributed by atoms with Gasteiger partial charge in [0.1, 0.15) is 11.5 Å². The lowest BCUT2D eigenvalue weighted by Gasteiger charge is -2.15. The van der Waals surface area contributed by atoms with Crippen molar-refractivity contribution in [1.29, 1.82) is 0 Å². The number of dihydropyridines is 1. The molecule has 3 aromatic rings. The third kappa shape index (κ3) is 5.39. The van der Waals surface area contributed by atoms with Crippen LogP contribution in [0.15, 0.2) is 97.6 Å². The van der Waals surface area contributed by atoms with Crippen LogP contribution in [0.5, 0.6) is 5.75 Å². The van der Waals surface area contributed by atoms with Gasteiger partial charge in [0.05, 0.1) is 12.2 Å². The molecular formula is C23H24ClN9O3. The average Bonchev–Trinajstić information content (AvgIpc) is 2.88. The highest BCUT2D eigenvalue weighted by molar-refractivity contribution is 6.30. The molecule has 0 bridgehead atoms. The Morgan fingerprint density at radius 1 is 1.06 bits per heavy atom. The van der Waals surface area contributed by atoms with Crippen molar-refractivity contribution < 1.29 is 4.74 Å². The molecule has 1 unspecified atom stereocenters. The largest absolute Gasteiger partial charge is 0.458 e. The Morgan fingerprint density at radius 3 is 2.44 bits per heavy atom. The van der Waals surface area contributed by atoms with E-state index in [1.54, 1.807) is 73.8 Å². The molecule has 36 heavy (non-hydrogen) atoms. The molecule has 0 fully saturated rings. The molecule has 12 nitrogen and oxygen atoms in total. The molecule has 0 saturated heterocycles. The number of rotatable bonds is 7. The summed E-state index contributed by atoms with van der Waals surface area (Å²) in [7, 11) is 0. The second kappa shape index (κ2) is 10.8. The van der Waals surface area contributed by atoms with E-state index >= 15 is 0 Å². The molecule has 4 rings (SSSR count). The van der Waals surface area contributed by atoms with Crippen LogP contribution in [0.25, 0.3) is 0 Å². The maximum absolute atomic E-state index is 13.1. The van der Waals surface area contributed by atoms with Crippen LogP contribution in [0.3, 0.4) is 0 Å². The molecule has 0 spiro atoms. The van der Waals surface area contributed by atoms with E-state index < -0.39 is 17.5 Å². The first-order chi connectivity index (χ1) is 17.4. The van der Waals surface area contributed by atoms with Gasteiger partial charge in [0.25, 0.3) is 0 Å². The van der Waals surface area contributed by atoms with Crippen molar-refractivity contribution in [2.45, 2.75) is 26.2 Å². The van der Waals surface area contributed by atoms with Crippen molar-refractivity contribution in [2.24, 2.45) is 21.2 Å². The molecule has 13 heteroatoms. The normalized spacial score (nSPS) is 15.7. The summed E-state index contributed by atoms with van der Waals surface area (Å²) in [5, 5.41) is 10.6. The highest BCUT2D eigenvalue weighted by Crippen LogP contribution is 2.21. The lowest BCUT2D eigenvalue weighted by Crippen LogP contribution is -2.57. The fourth-order valence-corrected chi connectivity index (χ4v) is 3.62. The first kappa shape index (κ1) is 24.5. The minimum absolute atomic E-state index is 0.00250. The summed E-state index contributed by atoms with van der Waals surface area (Å²) in [6.07, 6.45) is 4.70. The van der Waals surface area contributed by atoms with Crippen LogP contribution in [0.1, 0.15) is 12.5 Å². The van der Waals surface area contributed by atoms with Gasteiger partial charge in [-0.1, -0.05) is 29.0 Å². The molecular weight excluding hydrogens is 486 g/mol. The third-order valence-corrected chi connectivity index (χ3v) is 5.51. The predicted molar refractivity (Wildman–Crippen MR) is 135 cm³/mol. The lowest BCUT2D eigenvalue weighted by atomic mass is 10.2. The monoisotopic (exact) mass is 509 g/mol. The van der Waals surface area contributed by atoms with Gasteiger partial charge >= 0.3 is 11.4 Å². The standard InChI is InChI=1S/C23H24ClN9O3/c1-2-31-22(34)32(14-15-3-5-16(24)6-4-15)21(33(26)23(31)35)28-17-7-9-18(10-8-17)36-19-11-12-27-20(13-19)29-30-25/h3-13,20,27H,2,14,26H2,1H3,(H2,25,29). The van der Waals surface area contributed by atoms with E-state index in [4.69, 9.17) is 28.0 Å². The summed E-state index contributed by atoms with van der Waals surface area (Å²) in [6, 6.07) is 13.8. The Morgan fingerprint density at radius 2 is 1.78 bits per heavy atom. The molecule has 1 aromatic heterocycles. The molecule has 1 atom stereocenters. The highest BCUT2D eigenvalue weighted by atomic mass is 35.5. The highest BCUT2D eigenvalue weighted by Gasteiger charge is 2.13. The number of nitrogen functional groups attached to an aromatic ring is 1. The molecule has 0 saturated carbocycles. The van der Waals surface area contributed by atoms with Crippen LogP contribution >= 0.6 is 11.6 Å². The van der Waals surface area contributed by atoms with E-state index in [0.717, 1.165) is 14.8 Å². The maximum atomic E-state index is 13.1. The van der Waals surface area contributed by atoms with Crippen LogP contribution in [-0.2, 0) is 13.1 Å². The fourth-order valence-electron chi connectivity index (χ4n) is 3.49. The van der Waals surface area contributed by atoms with Crippen molar-refractivity contribution in [3.63, 3.8) is 0 Å². The van der Waals surface area contributed by atoms with Crippen LogP contribution in [0.2, 0.25) is 5.02 Å². The Hall–Kier alpha value is -4.58. The summed E-state index contributed by atoms with van der Waals surface area (Å²) in [5.41, 5.74) is 0.0641. The van der Waals surface area contributed by atoms with Crippen molar-refractivity contribution in [1.82, 2.24) is 19.1 Å².